The molecular weight excluding hydrogens is 508 g/mol. The zero-order valence-corrected chi connectivity index (χ0v) is 22.2. The summed E-state index contributed by atoms with van der Waals surface area (Å²) in [6.45, 7) is 0. The molecule has 0 spiro atoms. The number of nitrogens with one attached hydrogen (secondary N) is 1. The van der Waals surface area contributed by atoms with Crippen molar-refractivity contribution < 1.29 is 14.3 Å². The number of hydrogen-bond acceptors (Lipinski definition) is 7. The Morgan fingerprint density at radius 1 is 0.923 bits per heavy atom. The number of amides is 1. The molecule has 5 rings (SSSR count). The number of nitriles is 1. The van der Waals surface area contributed by atoms with Crippen molar-refractivity contribution in [2.45, 2.75) is 5.03 Å². The number of carbonyl (C=O) groups excluding carboxylic acids is 1. The highest BCUT2D eigenvalue weighted by Crippen LogP contribution is 2.38. The number of methoxy groups -OCH3 is 2. The van der Waals surface area contributed by atoms with Gasteiger partial charge in [-0.05, 0) is 48.0 Å². The fourth-order valence-corrected chi connectivity index (χ4v) is 5.06. The quantitative estimate of drug-likeness (QED) is 0.225. The van der Waals surface area contributed by atoms with Crippen LogP contribution < -0.4 is 14.8 Å². The molecule has 8 heteroatoms. The zero-order valence-electron chi connectivity index (χ0n) is 21.3. The summed E-state index contributed by atoms with van der Waals surface area (Å²) in [5, 5.41) is 14.5. The lowest BCUT2D eigenvalue weighted by molar-refractivity contribution is -0.113. The molecule has 7 nitrogen and oxygen atoms in total. The monoisotopic (exact) mass is 532 g/mol. The van der Waals surface area contributed by atoms with Crippen LogP contribution in [-0.2, 0) is 4.79 Å². The summed E-state index contributed by atoms with van der Waals surface area (Å²) in [7, 11) is 3.15. The molecule has 5 aromatic rings. The van der Waals surface area contributed by atoms with Crippen LogP contribution in [0, 0.1) is 11.3 Å². The summed E-state index contributed by atoms with van der Waals surface area (Å²) in [4.78, 5) is 22.1. The van der Waals surface area contributed by atoms with E-state index in [9.17, 15) is 10.1 Å². The van der Waals surface area contributed by atoms with Gasteiger partial charge in [0.05, 0.1) is 42.4 Å². The average Bonchev–Trinajstić information content (AvgIpc) is 2.99. The number of pyridine rings is 2. The van der Waals surface area contributed by atoms with Crippen molar-refractivity contribution in [2.75, 3.05) is 25.3 Å². The predicted molar refractivity (Wildman–Crippen MR) is 154 cm³/mol. The Morgan fingerprint density at radius 3 is 2.51 bits per heavy atom. The summed E-state index contributed by atoms with van der Waals surface area (Å²) in [5.74, 6) is 1.00. The van der Waals surface area contributed by atoms with E-state index >= 15 is 0 Å². The second-order valence-electron chi connectivity index (χ2n) is 8.50. The number of benzene rings is 3. The smallest absolute Gasteiger partial charge is 0.234 e. The van der Waals surface area contributed by atoms with Crippen molar-refractivity contribution in [3.63, 3.8) is 0 Å². The van der Waals surface area contributed by atoms with Gasteiger partial charge in [0.25, 0.3) is 0 Å². The number of aromatic nitrogens is 2. The summed E-state index contributed by atoms with van der Waals surface area (Å²) >= 11 is 1.22. The number of carbonyl (C=O) groups is 1. The first-order valence-electron chi connectivity index (χ1n) is 12.1. The van der Waals surface area contributed by atoms with Crippen LogP contribution in [0.25, 0.3) is 33.3 Å². The van der Waals surface area contributed by atoms with Crippen LogP contribution in [0.3, 0.4) is 0 Å². The van der Waals surface area contributed by atoms with Crippen LogP contribution in [-0.4, -0.2) is 35.8 Å². The number of anilines is 1. The molecule has 0 saturated carbocycles. The van der Waals surface area contributed by atoms with E-state index in [2.05, 4.69) is 16.4 Å². The van der Waals surface area contributed by atoms with Crippen molar-refractivity contribution in [3.05, 3.63) is 96.7 Å². The van der Waals surface area contributed by atoms with E-state index in [-0.39, 0.29) is 11.7 Å². The molecule has 0 aliphatic heterocycles. The molecule has 0 atom stereocenters. The van der Waals surface area contributed by atoms with Gasteiger partial charge in [0.1, 0.15) is 11.1 Å². The van der Waals surface area contributed by atoms with E-state index < -0.39 is 0 Å². The lowest BCUT2D eigenvalue weighted by Gasteiger charge is -2.14. The molecule has 2 heterocycles. The Kier molecular flexibility index (Phi) is 7.71. The second kappa shape index (κ2) is 11.7. The molecule has 39 heavy (non-hydrogen) atoms. The van der Waals surface area contributed by atoms with Gasteiger partial charge in [0.15, 0.2) is 11.5 Å². The maximum Gasteiger partial charge on any atom is 0.234 e. The third kappa shape index (κ3) is 5.54. The Balaban J connectivity index is 1.50. The maximum absolute atomic E-state index is 13.0. The number of rotatable bonds is 8. The van der Waals surface area contributed by atoms with Gasteiger partial charge in [-0.2, -0.15) is 5.26 Å². The Morgan fingerprint density at radius 2 is 1.74 bits per heavy atom. The van der Waals surface area contributed by atoms with E-state index in [0.717, 1.165) is 22.0 Å². The summed E-state index contributed by atoms with van der Waals surface area (Å²) in [6.07, 6.45) is 1.72. The van der Waals surface area contributed by atoms with Gasteiger partial charge in [-0.3, -0.25) is 9.78 Å². The predicted octanol–water partition coefficient (Wildman–Crippen LogP) is 6.58. The molecule has 0 aliphatic rings. The Labute approximate surface area is 230 Å². The highest BCUT2D eigenvalue weighted by Gasteiger charge is 2.19. The van der Waals surface area contributed by atoms with Crippen LogP contribution in [0.15, 0.2) is 96.2 Å². The Hall–Kier alpha value is -4.87. The van der Waals surface area contributed by atoms with Crippen LogP contribution in [0.1, 0.15) is 5.56 Å². The van der Waals surface area contributed by atoms with Crippen molar-refractivity contribution in [1.29, 1.82) is 5.26 Å². The third-order valence-electron chi connectivity index (χ3n) is 6.12. The third-order valence-corrected chi connectivity index (χ3v) is 7.10. The lowest BCUT2D eigenvalue weighted by Crippen LogP contribution is -2.14. The molecule has 0 aliphatic carbocycles. The molecule has 192 valence electrons. The van der Waals surface area contributed by atoms with Gasteiger partial charge < -0.3 is 14.8 Å². The molecule has 2 aromatic heterocycles. The minimum atomic E-state index is -0.208. The summed E-state index contributed by atoms with van der Waals surface area (Å²) in [5.41, 5.74) is 4.93. The van der Waals surface area contributed by atoms with Gasteiger partial charge >= 0.3 is 0 Å². The molecule has 1 N–H and O–H groups in total. The first kappa shape index (κ1) is 25.8. The van der Waals surface area contributed by atoms with Crippen molar-refractivity contribution in [3.8, 4) is 40.0 Å². The molecule has 0 saturated heterocycles. The molecule has 0 fully saturated rings. The molecule has 1 amide bonds. The van der Waals surface area contributed by atoms with Crippen LogP contribution in [0.4, 0.5) is 5.69 Å². The molecule has 0 radical (unpaired) electrons. The first-order valence-corrected chi connectivity index (χ1v) is 13.1. The molecule has 0 unspecified atom stereocenters. The van der Waals surface area contributed by atoms with Crippen molar-refractivity contribution >= 4 is 34.3 Å². The van der Waals surface area contributed by atoms with Crippen molar-refractivity contribution in [1.82, 2.24) is 9.97 Å². The molecule has 0 bridgehead atoms. The maximum atomic E-state index is 13.0. The van der Waals surface area contributed by atoms with E-state index in [1.165, 1.54) is 11.8 Å². The van der Waals surface area contributed by atoms with Crippen molar-refractivity contribution in [2.24, 2.45) is 0 Å². The van der Waals surface area contributed by atoms with E-state index in [0.29, 0.717) is 39.0 Å². The topological polar surface area (TPSA) is 97.1 Å². The van der Waals surface area contributed by atoms with E-state index in [4.69, 9.17) is 14.5 Å². The minimum Gasteiger partial charge on any atom is -0.493 e. The fraction of sp³-hybridized carbons (Fsp3) is 0.0968. The van der Waals surface area contributed by atoms with Crippen LogP contribution >= 0.6 is 11.8 Å². The van der Waals surface area contributed by atoms with Crippen LogP contribution in [0.2, 0.25) is 0 Å². The number of ether oxygens (including phenoxy) is 2. The number of hydrogen-bond donors (Lipinski definition) is 1. The standard InChI is InChI=1S/C31H24N4O3S/c1-37-28-14-13-21(16-29(28)38-2)23-17-27(20-8-4-3-5-9-20)35-31(24(23)18-32)39-19-30(36)34-26-12-6-11-25-22(26)10-7-15-33-25/h3-17H,19H2,1-2H3,(H,34,36). The first-order chi connectivity index (χ1) is 19.1. The largest absolute Gasteiger partial charge is 0.493 e. The van der Waals surface area contributed by atoms with E-state index in [1.807, 2.05) is 78.9 Å². The zero-order chi connectivity index (χ0) is 27.2. The SMILES string of the molecule is COc1ccc(-c2cc(-c3ccccc3)nc(SCC(=O)Nc3cccc4ncccc34)c2C#N)cc1OC. The fourth-order valence-electron chi connectivity index (χ4n) is 4.25. The Bertz CT molecular complexity index is 1700. The number of fused-ring (bicyclic) bond motifs is 1. The number of nitrogens with zero attached hydrogens (tertiary/aromatic N) is 3. The highest BCUT2D eigenvalue weighted by molar-refractivity contribution is 8.00. The summed E-state index contributed by atoms with van der Waals surface area (Å²) < 4.78 is 10.9. The van der Waals surface area contributed by atoms with Gasteiger partial charge in [-0.1, -0.05) is 54.2 Å². The van der Waals surface area contributed by atoms with Gasteiger partial charge in [-0.15, -0.1) is 0 Å². The average molecular weight is 533 g/mol. The number of thioether (sulfide) groups is 1. The highest BCUT2D eigenvalue weighted by atomic mass is 32.2. The normalized spacial score (nSPS) is 10.6. The van der Waals surface area contributed by atoms with Gasteiger partial charge in [-0.25, -0.2) is 4.98 Å². The van der Waals surface area contributed by atoms with Gasteiger partial charge in [0.2, 0.25) is 5.91 Å². The van der Waals surface area contributed by atoms with Gasteiger partial charge in [0, 0.05) is 22.7 Å². The summed E-state index contributed by atoms with van der Waals surface area (Å²) in [6, 6.07) is 28.8. The molecule has 3 aromatic carbocycles. The second-order valence-corrected chi connectivity index (χ2v) is 9.46. The van der Waals surface area contributed by atoms with E-state index in [1.54, 1.807) is 26.5 Å². The minimum absolute atomic E-state index is 0.0714. The molecular formula is C31H24N4O3S. The van der Waals surface area contributed by atoms with Crippen LogP contribution in [0.5, 0.6) is 11.5 Å². The lowest BCUT2D eigenvalue weighted by atomic mass is 9.99.